The van der Waals surface area contributed by atoms with Crippen LogP contribution in [0.3, 0.4) is 0 Å². The topological polar surface area (TPSA) is 74.6 Å². The van der Waals surface area contributed by atoms with E-state index in [-0.39, 0.29) is 17.4 Å². The number of rotatable bonds is 11. The Bertz CT molecular complexity index is 433. The van der Waals surface area contributed by atoms with E-state index >= 15 is 0 Å². The van der Waals surface area contributed by atoms with Gasteiger partial charge in [-0.1, -0.05) is 59.0 Å². The molecule has 0 aliphatic rings. The number of carboxylic acids is 2. The quantitative estimate of drug-likeness (QED) is 0.516. The molecule has 4 heteroatoms. The predicted octanol–water partition coefficient (Wildman–Crippen LogP) is 5.13. The van der Waals surface area contributed by atoms with Crippen LogP contribution in [0.5, 0.6) is 0 Å². The summed E-state index contributed by atoms with van der Waals surface area (Å²) in [4.78, 5) is 24.3. The van der Waals surface area contributed by atoms with Gasteiger partial charge in [-0.2, -0.15) is 0 Å². The first-order valence-corrected chi connectivity index (χ1v) is 8.81. The van der Waals surface area contributed by atoms with Crippen LogP contribution in [-0.4, -0.2) is 22.2 Å². The molecule has 0 saturated carbocycles. The van der Waals surface area contributed by atoms with Crippen LogP contribution in [0.1, 0.15) is 80.1 Å². The van der Waals surface area contributed by atoms with E-state index < -0.39 is 17.4 Å². The highest BCUT2D eigenvalue weighted by Crippen LogP contribution is 2.48. The molecule has 0 bridgehead atoms. The number of hydrogen-bond donors (Lipinski definition) is 2. The molecule has 23 heavy (non-hydrogen) atoms. The van der Waals surface area contributed by atoms with Crippen molar-refractivity contribution in [2.75, 3.05) is 0 Å². The normalized spacial score (nSPS) is 15.1. The van der Waals surface area contributed by atoms with Crippen molar-refractivity contribution in [1.82, 2.24) is 0 Å². The van der Waals surface area contributed by atoms with Gasteiger partial charge in [-0.3, -0.25) is 4.79 Å². The third kappa shape index (κ3) is 5.08. The molecule has 0 aromatic carbocycles. The molecule has 134 valence electrons. The molecule has 0 aliphatic heterocycles. The average Bonchev–Trinajstić information content (AvgIpc) is 2.42. The van der Waals surface area contributed by atoms with E-state index in [1.807, 2.05) is 20.8 Å². The van der Waals surface area contributed by atoms with Crippen molar-refractivity contribution in [1.29, 1.82) is 0 Å². The number of aliphatic carboxylic acids is 2. The maximum absolute atomic E-state index is 12.4. The molecule has 0 rings (SSSR count). The van der Waals surface area contributed by atoms with Crippen molar-refractivity contribution in [3.8, 4) is 0 Å². The highest BCUT2D eigenvalue weighted by molar-refractivity contribution is 5.97. The summed E-state index contributed by atoms with van der Waals surface area (Å²) >= 11 is 0. The second-order valence-corrected chi connectivity index (χ2v) is 7.05. The predicted molar refractivity (Wildman–Crippen MR) is 93.5 cm³/mol. The lowest BCUT2D eigenvalue weighted by molar-refractivity contribution is -0.155. The first-order valence-electron chi connectivity index (χ1n) is 8.81. The summed E-state index contributed by atoms with van der Waals surface area (Å²) < 4.78 is 0. The lowest BCUT2D eigenvalue weighted by Crippen LogP contribution is -2.45. The van der Waals surface area contributed by atoms with Crippen molar-refractivity contribution in [2.24, 2.45) is 17.3 Å². The Morgan fingerprint density at radius 1 is 1.00 bits per heavy atom. The van der Waals surface area contributed by atoms with Crippen molar-refractivity contribution >= 4 is 11.9 Å². The standard InChI is InChI=1S/C19H34O4/c1-7-9-11-15(13(3)4)19(18(22)23,12-10-8-2)16(14(5)6)17(20)21/h13,15H,7-12H2,1-6H3,(H,20,21)(H,22,23). The van der Waals surface area contributed by atoms with Gasteiger partial charge < -0.3 is 10.2 Å². The first kappa shape index (κ1) is 21.7. The Kier molecular flexibility index (Phi) is 9.18. The Morgan fingerprint density at radius 3 is 1.83 bits per heavy atom. The largest absolute Gasteiger partial charge is 0.481 e. The van der Waals surface area contributed by atoms with E-state index in [2.05, 4.69) is 6.92 Å². The van der Waals surface area contributed by atoms with E-state index in [0.29, 0.717) is 18.4 Å². The Labute approximate surface area is 141 Å². The van der Waals surface area contributed by atoms with Gasteiger partial charge in [0, 0.05) is 0 Å². The minimum absolute atomic E-state index is 0.0910. The molecule has 0 saturated heterocycles. The van der Waals surface area contributed by atoms with Gasteiger partial charge in [0.2, 0.25) is 0 Å². The third-order valence-corrected chi connectivity index (χ3v) is 4.77. The zero-order valence-electron chi connectivity index (χ0n) is 15.6. The third-order valence-electron chi connectivity index (χ3n) is 4.77. The summed E-state index contributed by atoms with van der Waals surface area (Å²) in [6.45, 7) is 11.5. The van der Waals surface area contributed by atoms with Gasteiger partial charge in [-0.05, 0) is 38.5 Å². The average molecular weight is 326 g/mol. The SMILES string of the molecule is CCCCC(C(C)C)C(CCCC)(C(=O)O)C(C(=O)O)=C(C)C. The lowest BCUT2D eigenvalue weighted by Gasteiger charge is -2.41. The van der Waals surface area contributed by atoms with Gasteiger partial charge in [-0.15, -0.1) is 0 Å². The fourth-order valence-corrected chi connectivity index (χ4v) is 3.75. The molecule has 0 spiro atoms. The van der Waals surface area contributed by atoms with Crippen LogP contribution >= 0.6 is 0 Å². The number of unbranched alkanes of at least 4 members (excludes halogenated alkanes) is 2. The summed E-state index contributed by atoms with van der Waals surface area (Å²) in [7, 11) is 0. The van der Waals surface area contributed by atoms with Gasteiger partial charge in [0.15, 0.2) is 0 Å². The van der Waals surface area contributed by atoms with Gasteiger partial charge in [0.05, 0.1) is 5.57 Å². The molecule has 0 heterocycles. The fourth-order valence-electron chi connectivity index (χ4n) is 3.75. The summed E-state index contributed by atoms with van der Waals surface area (Å²) in [5.74, 6) is -2.14. The molecule has 0 radical (unpaired) electrons. The number of hydrogen-bond acceptors (Lipinski definition) is 2. The first-order chi connectivity index (χ1) is 10.7. The van der Waals surface area contributed by atoms with Gasteiger partial charge in [-0.25, -0.2) is 4.79 Å². The summed E-state index contributed by atoms with van der Waals surface area (Å²) in [5.41, 5.74) is -0.615. The molecule has 0 fully saturated rings. The van der Waals surface area contributed by atoms with Crippen molar-refractivity contribution in [3.05, 3.63) is 11.1 Å². The van der Waals surface area contributed by atoms with Crippen LogP contribution in [0, 0.1) is 17.3 Å². The van der Waals surface area contributed by atoms with Gasteiger partial charge >= 0.3 is 11.9 Å². The monoisotopic (exact) mass is 326 g/mol. The summed E-state index contributed by atoms with van der Waals surface area (Å²) in [6.07, 6.45) is 4.59. The van der Waals surface area contributed by atoms with Crippen LogP contribution in [0.4, 0.5) is 0 Å². The van der Waals surface area contributed by atoms with E-state index in [4.69, 9.17) is 0 Å². The lowest BCUT2D eigenvalue weighted by atomic mass is 9.60. The highest BCUT2D eigenvalue weighted by atomic mass is 16.4. The Hall–Kier alpha value is -1.32. The zero-order chi connectivity index (χ0) is 18.2. The number of carboxylic acid groups (broad SMARTS) is 2. The Balaban J connectivity index is 6.36. The minimum Gasteiger partial charge on any atom is -0.481 e. The van der Waals surface area contributed by atoms with Gasteiger partial charge in [0.1, 0.15) is 5.41 Å². The molecule has 2 unspecified atom stereocenters. The molecule has 0 amide bonds. The second-order valence-electron chi connectivity index (χ2n) is 7.05. The van der Waals surface area contributed by atoms with Crippen LogP contribution in [-0.2, 0) is 9.59 Å². The van der Waals surface area contributed by atoms with Gasteiger partial charge in [0.25, 0.3) is 0 Å². The maximum Gasteiger partial charge on any atom is 0.332 e. The number of allylic oxidation sites excluding steroid dienone is 1. The highest BCUT2D eigenvalue weighted by Gasteiger charge is 2.51. The fraction of sp³-hybridized carbons (Fsp3) is 0.789. The molecule has 0 aromatic heterocycles. The zero-order valence-corrected chi connectivity index (χ0v) is 15.6. The number of carbonyl (C=O) groups is 2. The molecular formula is C19H34O4. The van der Waals surface area contributed by atoms with E-state index in [9.17, 15) is 19.8 Å². The second kappa shape index (κ2) is 9.74. The van der Waals surface area contributed by atoms with Crippen molar-refractivity contribution < 1.29 is 19.8 Å². The summed E-state index contributed by atoms with van der Waals surface area (Å²) in [5, 5.41) is 19.9. The molecule has 2 atom stereocenters. The van der Waals surface area contributed by atoms with Crippen LogP contribution in [0.2, 0.25) is 0 Å². The van der Waals surface area contributed by atoms with E-state index in [0.717, 1.165) is 25.7 Å². The van der Waals surface area contributed by atoms with Crippen LogP contribution in [0.15, 0.2) is 11.1 Å². The van der Waals surface area contributed by atoms with Crippen LogP contribution in [0.25, 0.3) is 0 Å². The molecule has 4 nitrogen and oxygen atoms in total. The smallest absolute Gasteiger partial charge is 0.332 e. The molecule has 0 aromatic rings. The summed E-state index contributed by atoms with van der Waals surface area (Å²) in [6, 6.07) is 0. The Morgan fingerprint density at radius 2 is 1.52 bits per heavy atom. The minimum atomic E-state index is -1.30. The maximum atomic E-state index is 12.4. The van der Waals surface area contributed by atoms with Crippen molar-refractivity contribution in [3.63, 3.8) is 0 Å². The van der Waals surface area contributed by atoms with E-state index in [1.165, 1.54) is 0 Å². The molecule has 2 N–H and O–H groups in total. The van der Waals surface area contributed by atoms with E-state index in [1.54, 1.807) is 13.8 Å². The van der Waals surface area contributed by atoms with Crippen LogP contribution < -0.4 is 0 Å². The molecular weight excluding hydrogens is 292 g/mol. The van der Waals surface area contributed by atoms with Crippen molar-refractivity contribution in [2.45, 2.75) is 80.1 Å². The molecule has 0 aliphatic carbocycles.